The smallest absolute Gasteiger partial charge is 0.321 e. The molecule has 0 radical (unpaired) electrons. The Morgan fingerprint density at radius 3 is 2.86 bits per heavy atom. The molecule has 1 heterocycles. The van der Waals surface area contributed by atoms with E-state index in [0.717, 1.165) is 27.4 Å². The lowest BCUT2D eigenvalue weighted by atomic mass is 10.3. The third kappa shape index (κ3) is 3.74. The quantitative estimate of drug-likeness (QED) is 0.850. The van der Waals surface area contributed by atoms with Crippen LogP contribution in [0.2, 0.25) is 0 Å². The third-order valence-corrected chi connectivity index (χ3v) is 5.30. The van der Waals surface area contributed by atoms with Gasteiger partial charge in [0.2, 0.25) is 5.91 Å². The number of urea groups is 1. The Morgan fingerprint density at radius 1 is 1.38 bits per heavy atom. The normalized spacial score (nSPS) is 15.7. The van der Waals surface area contributed by atoms with Gasteiger partial charge in [0.05, 0.1) is 15.5 Å². The predicted octanol–water partition coefficient (Wildman–Crippen LogP) is 2.77. The number of carbonyl (C=O) groups excluding carboxylic acids is 2. The van der Waals surface area contributed by atoms with E-state index in [4.69, 9.17) is 0 Å². The van der Waals surface area contributed by atoms with Crippen LogP contribution in [-0.2, 0) is 4.79 Å². The molecule has 3 rings (SSSR count). The van der Waals surface area contributed by atoms with Gasteiger partial charge in [-0.05, 0) is 31.9 Å². The molecular weight excluding hydrogens is 306 g/mol. The summed E-state index contributed by atoms with van der Waals surface area (Å²) in [6.45, 7) is 1.77. The Kier molecular flexibility index (Phi) is 4.12. The molecule has 1 aliphatic carbocycles. The van der Waals surface area contributed by atoms with Crippen LogP contribution < -0.4 is 10.6 Å². The van der Waals surface area contributed by atoms with Crippen LogP contribution >= 0.6 is 23.1 Å². The molecule has 1 fully saturated rings. The lowest BCUT2D eigenvalue weighted by Crippen LogP contribution is -2.43. The molecule has 0 bridgehead atoms. The molecule has 1 aromatic heterocycles. The van der Waals surface area contributed by atoms with Gasteiger partial charge in [0.15, 0.2) is 4.34 Å². The van der Waals surface area contributed by atoms with Gasteiger partial charge in [-0.25, -0.2) is 9.78 Å². The average molecular weight is 321 g/mol. The van der Waals surface area contributed by atoms with Crippen LogP contribution in [0, 0.1) is 0 Å². The van der Waals surface area contributed by atoms with Gasteiger partial charge < -0.3 is 5.32 Å². The Bertz CT molecular complexity index is 649. The summed E-state index contributed by atoms with van der Waals surface area (Å²) < 4.78 is 1.93. The molecule has 1 saturated carbocycles. The second-order valence-corrected chi connectivity index (χ2v) is 7.56. The molecule has 3 amide bonds. The number of nitrogens with one attached hydrogen (secondary N) is 2. The number of benzene rings is 1. The number of imide groups is 1. The molecule has 1 unspecified atom stereocenters. The fourth-order valence-corrected chi connectivity index (χ4v) is 3.98. The standard InChI is InChI=1S/C14H15N3O2S2/c1-8(12(18)17-13(19)15-9-6-7-9)20-14-16-10-4-2-3-5-11(10)21-14/h2-5,8-9H,6-7H2,1H3,(H2,15,17,18,19). The number of aromatic nitrogens is 1. The van der Waals surface area contributed by atoms with Crippen LogP contribution in [0.4, 0.5) is 4.79 Å². The third-order valence-electron chi connectivity index (χ3n) is 3.07. The fourth-order valence-electron chi connectivity index (χ4n) is 1.77. The zero-order valence-electron chi connectivity index (χ0n) is 11.5. The van der Waals surface area contributed by atoms with Crippen molar-refractivity contribution in [2.75, 3.05) is 0 Å². The molecule has 110 valence electrons. The van der Waals surface area contributed by atoms with E-state index < -0.39 is 6.03 Å². The molecule has 21 heavy (non-hydrogen) atoms. The molecule has 0 aliphatic heterocycles. The lowest BCUT2D eigenvalue weighted by molar-refractivity contribution is -0.119. The number of carbonyl (C=O) groups is 2. The average Bonchev–Trinajstić information content (AvgIpc) is 3.15. The summed E-state index contributed by atoms with van der Waals surface area (Å²) in [6, 6.07) is 7.70. The Morgan fingerprint density at radius 2 is 2.14 bits per heavy atom. The Hall–Kier alpha value is -1.60. The minimum absolute atomic E-state index is 0.241. The molecule has 7 heteroatoms. The summed E-state index contributed by atoms with van der Waals surface area (Å²) in [5.74, 6) is -0.294. The summed E-state index contributed by atoms with van der Waals surface area (Å²) >= 11 is 2.92. The van der Waals surface area contributed by atoms with E-state index in [9.17, 15) is 9.59 Å². The molecule has 0 saturated heterocycles. The summed E-state index contributed by atoms with van der Waals surface area (Å²) in [6.07, 6.45) is 2.00. The molecule has 5 nitrogen and oxygen atoms in total. The Labute approximate surface area is 130 Å². The number of thioether (sulfide) groups is 1. The van der Waals surface area contributed by atoms with E-state index in [-0.39, 0.29) is 17.2 Å². The van der Waals surface area contributed by atoms with Crippen LogP contribution in [0.15, 0.2) is 28.6 Å². The van der Waals surface area contributed by atoms with E-state index in [1.807, 2.05) is 24.3 Å². The zero-order valence-corrected chi connectivity index (χ0v) is 13.1. The van der Waals surface area contributed by atoms with Crippen LogP contribution in [0.5, 0.6) is 0 Å². The first-order valence-corrected chi connectivity index (χ1v) is 8.45. The topological polar surface area (TPSA) is 71.1 Å². The van der Waals surface area contributed by atoms with Crippen molar-refractivity contribution in [2.24, 2.45) is 0 Å². The van der Waals surface area contributed by atoms with E-state index in [1.165, 1.54) is 11.8 Å². The number of nitrogens with zero attached hydrogens (tertiary/aromatic N) is 1. The van der Waals surface area contributed by atoms with Gasteiger partial charge in [-0.15, -0.1) is 11.3 Å². The van der Waals surface area contributed by atoms with E-state index in [2.05, 4.69) is 15.6 Å². The molecule has 1 atom stereocenters. The molecule has 2 N–H and O–H groups in total. The summed E-state index contributed by atoms with van der Waals surface area (Å²) in [5, 5.41) is 4.74. The zero-order chi connectivity index (χ0) is 14.8. The van der Waals surface area contributed by atoms with Crippen molar-refractivity contribution >= 4 is 45.3 Å². The number of rotatable bonds is 4. The molecule has 0 spiro atoms. The van der Waals surface area contributed by atoms with Gasteiger partial charge in [0.25, 0.3) is 0 Å². The highest BCUT2D eigenvalue weighted by Crippen LogP contribution is 2.31. The van der Waals surface area contributed by atoms with E-state index in [1.54, 1.807) is 18.3 Å². The first-order valence-electron chi connectivity index (χ1n) is 6.75. The van der Waals surface area contributed by atoms with Crippen LogP contribution in [0.25, 0.3) is 10.2 Å². The monoisotopic (exact) mass is 321 g/mol. The minimum Gasteiger partial charge on any atom is -0.335 e. The van der Waals surface area contributed by atoms with Crippen molar-refractivity contribution in [2.45, 2.75) is 35.4 Å². The maximum Gasteiger partial charge on any atom is 0.321 e. The molecular formula is C14H15N3O2S2. The van der Waals surface area contributed by atoms with Gasteiger partial charge in [0.1, 0.15) is 0 Å². The Balaban J connectivity index is 1.57. The van der Waals surface area contributed by atoms with Gasteiger partial charge in [0, 0.05) is 6.04 Å². The second kappa shape index (κ2) is 6.03. The summed E-state index contributed by atoms with van der Waals surface area (Å²) in [5.41, 5.74) is 0.934. The van der Waals surface area contributed by atoms with Crippen molar-refractivity contribution in [3.63, 3.8) is 0 Å². The highest BCUT2D eigenvalue weighted by molar-refractivity contribution is 8.02. The lowest BCUT2D eigenvalue weighted by Gasteiger charge is -2.09. The summed E-state index contributed by atoms with van der Waals surface area (Å²) in [7, 11) is 0. The van der Waals surface area contributed by atoms with Crippen molar-refractivity contribution < 1.29 is 9.59 Å². The number of hydrogen-bond acceptors (Lipinski definition) is 5. The second-order valence-electron chi connectivity index (χ2n) is 4.94. The van der Waals surface area contributed by atoms with Crippen LogP contribution in [-0.4, -0.2) is 28.2 Å². The number of fused-ring (bicyclic) bond motifs is 1. The largest absolute Gasteiger partial charge is 0.335 e. The first-order chi connectivity index (χ1) is 10.1. The van der Waals surface area contributed by atoms with Gasteiger partial charge in [-0.3, -0.25) is 10.1 Å². The van der Waals surface area contributed by atoms with Crippen molar-refractivity contribution in [3.05, 3.63) is 24.3 Å². The van der Waals surface area contributed by atoms with Crippen LogP contribution in [0.1, 0.15) is 19.8 Å². The van der Waals surface area contributed by atoms with Crippen molar-refractivity contribution in [1.82, 2.24) is 15.6 Å². The highest BCUT2D eigenvalue weighted by atomic mass is 32.2. The van der Waals surface area contributed by atoms with Gasteiger partial charge in [-0.1, -0.05) is 23.9 Å². The van der Waals surface area contributed by atoms with E-state index in [0.29, 0.717) is 0 Å². The minimum atomic E-state index is -0.403. The SMILES string of the molecule is CC(Sc1nc2ccccc2s1)C(=O)NC(=O)NC1CC1. The number of hydrogen-bond donors (Lipinski definition) is 2. The fraction of sp³-hybridized carbons (Fsp3) is 0.357. The van der Waals surface area contributed by atoms with E-state index >= 15 is 0 Å². The number of amides is 3. The predicted molar refractivity (Wildman–Crippen MR) is 84.6 cm³/mol. The molecule has 2 aromatic rings. The maximum atomic E-state index is 12.0. The summed E-state index contributed by atoms with van der Waals surface area (Å²) in [4.78, 5) is 28.0. The first kappa shape index (κ1) is 14.3. The van der Waals surface area contributed by atoms with Crippen molar-refractivity contribution in [1.29, 1.82) is 0 Å². The number of thiazole rings is 1. The maximum absolute atomic E-state index is 12.0. The van der Waals surface area contributed by atoms with Crippen LogP contribution in [0.3, 0.4) is 0 Å². The highest BCUT2D eigenvalue weighted by Gasteiger charge is 2.25. The number of para-hydroxylation sites is 1. The molecule has 1 aromatic carbocycles. The molecule has 1 aliphatic rings. The van der Waals surface area contributed by atoms with Gasteiger partial charge >= 0.3 is 6.03 Å². The van der Waals surface area contributed by atoms with Crippen molar-refractivity contribution in [3.8, 4) is 0 Å². The van der Waals surface area contributed by atoms with Gasteiger partial charge in [-0.2, -0.15) is 0 Å².